The van der Waals surface area contributed by atoms with Crippen molar-refractivity contribution in [3.8, 4) is 0 Å². The first-order valence-corrected chi connectivity index (χ1v) is 13.8. The Bertz CT molecular complexity index is 1290. The number of para-hydroxylation sites is 2. The minimum atomic E-state index is -0.398. The van der Waals surface area contributed by atoms with Crippen molar-refractivity contribution < 1.29 is 19.1 Å². The summed E-state index contributed by atoms with van der Waals surface area (Å²) in [6, 6.07) is 15.8. The molecule has 0 saturated carbocycles. The number of ketones is 1. The molecule has 0 radical (unpaired) electrons. The quantitative estimate of drug-likeness (QED) is 0.605. The van der Waals surface area contributed by atoms with E-state index < -0.39 is 6.04 Å². The number of aryl methyl sites for hydroxylation is 1. The average molecular weight is 531 g/mol. The van der Waals surface area contributed by atoms with Crippen LogP contribution in [0.15, 0.2) is 59.8 Å². The van der Waals surface area contributed by atoms with E-state index in [2.05, 4.69) is 48.3 Å². The highest BCUT2D eigenvalue weighted by Crippen LogP contribution is 2.48. The van der Waals surface area contributed by atoms with Crippen LogP contribution < -0.4 is 10.2 Å². The van der Waals surface area contributed by atoms with Crippen molar-refractivity contribution in [1.82, 2.24) is 9.80 Å². The van der Waals surface area contributed by atoms with Gasteiger partial charge in [0, 0.05) is 43.9 Å². The van der Waals surface area contributed by atoms with Crippen LogP contribution in [0.1, 0.15) is 50.8 Å². The highest BCUT2D eigenvalue weighted by Gasteiger charge is 2.42. The molecule has 206 valence electrons. The fourth-order valence-corrected chi connectivity index (χ4v) is 5.92. The lowest BCUT2D eigenvalue weighted by Crippen LogP contribution is -2.53. The number of benzene rings is 2. The summed E-state index contributed by atoms with van der Waals surface area (Å²) in [7, 11) is 0. The molecule has 39 heavy (non-hydrogen) atoms. The SMILES string of the molecule is CCOC(=O)N1CCN(C(=O)CN2c3ccccc3NC3=C(C(=O)CC(C)(C)C3)C2c2ccc(C)cc2)CC1. The van der Waals surface area contributed by atoms with Gasteiger partial charge in [0.1, 0.15) is 0 Å². The summed E-state index contributed by atoms with van der Waals surface area (Å²) in [4.78, 5) is 45.3. The highest BCUT2D eigenvalue weighted by molar-refractivity contribution is 6.02. The van der Waals surface area contributed by atoms with Crippen molar-refractivity contribution >= 4 is 29.2 Å². The number of amides is 2. The maximum Gasteiger partial charge on any atom is 0.409 e. The summed E-state index contributed by atoms with van der Waals surface area (Å²) in [6.07, 6.45) is 0.876. The summed E-state index contributed by atoms with van der Waals surface area (Å²) in [6.45, 7) is 10.3. The fraction of sp³-hybridized carbons (Fsp3) is 0.452. The van der Waals surface area contributed by atoms with E-state index in [1.54, 1.807) is 11.8 Å². The van der Waals surface area contributed by atoms with Crippen LogP contribution in [0.5, 0.6) is 0 Å². The summed E-state index contributed by atoms with van der Waals surface area (Å²) in [5.74, 6) is 0.0886. The summed E-state index contributed by atoms with van der Waals surface area (Å²) < 4.78 is 5.13. The maximum atomic E-state index is 13.8. The zero-order valence-electron chi connectivity index (χ0n) is 23.3. The number of anilines is 2. The average Bonchev–Trinajstić information content (AvgIpc) is 3.03. The third kappa shape index (κ3) is 5.51. The van der Waals surface area contributed by atoms with Crippen LogP contribution in [0.4, 0.5) is 16.2 Å². The first-order valence-electron chi connectivity index (χ1n) is 13.8. The smallest absolute Gasteiger partial charge is 0.409 e. The van der Waals surface area contributed by atoms with Crippen LogP contribution in [0.2, 0.25) is 0 Å². The number of piperazine rings is 1. The molecule has 1 saturated heterocycles. The molecule has 2 aromatic rings. The number of carbonyl (C=O) groups excluding carboxylic acids is 3. The maximum absolute atomic E-state index is 13.8. The minimum absolute atomic E-state index is 0.0296. The van der Waals surface area contributed by atoms with Crippen molar-refractivity contribution in [3.05, 3.63) is 70.9 Å². The van der Waals surface area contributed by atoms with Gasteiger partial charge in [0.2, 0.25) is 5.91 Å². The highest BCUT2D eigenvalue weighted by atomic mass is 16.6. The molecule has 0 aromatic heterocycles. The second-order valence-corrected chi connectivity index (χ2v) is 11.5. The number of hydrogen-bond acceptors (Lipinski definition) is 6. The molecule has 1 unspecified atom stereocenters. The molecule has 8 heteroatoms. The Morgan fingerprint density at radius 1 is 0.974 bits per heavy atom. The third-order valence-corrected chi connectivity index (χ3v) is 7.86. The van der Waals surface area contributed by atoms with Crippen molar-refractivity contribution in [3.63, 3.8) is 0 Å². The largest absolute Gasteiger partial charge is 0.450 e. The van der Waals surface area contributed by atoms with E-state index in [0.29, 0.717) is 39.2 Å². The Hall–Kier alpha value is -3.81. The van der Waals surface area contributed by atoms with Gasteiger partial charge in [0.25, 0.3) is 0 Å². The molecule has 2 aliphatic heterocycles. The second kappa shape index (κ2) is 10.8. The van der Waals surface area contributed by atoms with Crippen LogP contribution >= 0.6 is 0 Å². The number of ether oxygens (including phenoxy) is 1. The Labute approximate surface area is 230 Å². The molecule has 8 nitrogen and oxygen atoms in total. The zero-order chi connectivity index (χ0) is 27.7. The molecule has 3 aliphatic rings. The van der Waals surface area contributed by atoms with Gasteiger partial charge in [-0.15, -0.1) is 0 Å². The molecule has 1 N–H and O–H groups in total. The van der Waals surface area contributed by atoms with E-state index in [1.165, 1.54) is 0 Å². The molecule has 2 heterocycles. The molecule has 2 amide bonds. The topological polar surface area (TPSA) is 82.2 Å². The van der Waals surface area contributed by atoms with E-state index >= 15 is 0 Å². The van der Waals surface area contributed by atoms with Gasteiger partial charge < -0.3 is 24.8 Å². The van der Waals surface area contributed by atoms with Gasteiger partial charge in [-0.2, -0.15) is 0 Å². The van der Waals surface area contributed by atoms with E-state index in [9.17, 15) is 14.4 Å². The standard InChI is InChI=1S/C31H38N4O4/c1-5-39-30(38)34-16-14-33(15-17-34)27(37)20-35-25-9-7-6-8-23(25)32-24-18-31(3,4)19-26(36)28(24)29(35)22-12-10-21(2)11-13-22/h6-13,29,32H,5,14-20H2,1-4H3. The first-order chi connectivity index (χ1) is 18.7. The predicted octanol–water partition coefficient (Wildman–Crippen LogP) is 4.91. The van der Waals surface area contributed by atoms with Gasteiger partial charge in [-0.3, -0.25) is 9.59 Å². The van der Waals surface area contributed by atoms with Crippen molar-refractivity contribution in [2.45, 2.75) is 46.6 Å². The number of Topliss-reactive ketones (excluding diaryl/α,β-unsaturated/α-hetero) is 1. The summed E-state index contributed by atoms with van der Waals surface area (Å²) >= 11 is 0. The second-order valence-electron chi connectivity index (χ2n) is 11.5. The monoisotopic (exact) mass is 530 g/mol. The van der Waals surface area contributed by atoms with E-state index in [1.807, 2.05) is 36.1 Å². The Morgan fingerprint density at radius 3 is 2.33 bits per heavy atom. The Balaban J connectivity index is 1.52. The Kier molecular flexibility index (Phi) is 7.38. The van der Waals surface area contributed by atoms with Crippen LogP contribution in [0.3, 0.4) is 0 Å². The fourth-order valence-electron chi connectivity index (χ4n) is 5.92. The number of carbonyl (C=O) groups is 3. The van der Waals surface area contributed by atoms with Gasteiger partial charge in [-0.1, -0.05) is 55.8 Å². The number of rotatable bonds is 4. The van der Waals surface area contributed by atoms with Crippen molar-refractivity contribution in [2.75, 3.05) is 49.5 Å². The lowest BCUT2D eigenvalue weighted by molar-refractivity contribution is -0.131. The Morgan fingerprint density at radius 2 is 1.64 bits per heavy atom. The molecule has 2 aromatic carbocycles. The molecule has 0 spiro atoms. The summed E-state index contributed by atoms with van der Waals surface area (Å²) in [5.41, 5.74) is 5.44. The van der Waals surface area contributed by atoms with Crippen LogP contribution in [-0.4, -0.2) is 66.9 Å². The van der Waals surface area contributed by atoms with E-state index in [4.69, 9.17) is 4.74 Å². The molecular weight excluding hydrogens is 492 g/mol. The lowest BCUT2D eigenvalue weighted by atomic mass is 9.73. The number of fused-ring (bicyclic) bond motifs is 1. The van der Waals surface area contributed by atoms with Gasteiger partial charge in [-0.25, -0.2) is 4.79 Å². The van der Waals surface area contributed by atoms with Gasteiger partial charge in [-0.05, 0) is 43.4 Å². The molecule has 5 rings (SSSR count). The van der Waals surface area contributed by atoms with Crippen molar-refractivity contribution in [2.24, 2.45) is 5.41 Å². The zero-order valence-corrected chi connectivity index (χ0v) is 23.3. The van der Waals surface area contributed by atoms with E-state index in [-0.39, 0.29) is 29.7 Å². The molecule has 1 aliphatic carbocycles. The first kappa shape index (κ1) is 26.8. The number of allylic oxidation sites excluding steroid dienone is 1. The third-order valence-electron chi connectivity index (χ3n) is 7.86. The normalized spacial score (nSPS) is 20.6. The van der Waals surface area contributed by atoms with Gasteiger partial charge >= 0.3 is 6.09 Å². The van der Waals surface area contributed by atoms with Crippen LogP contribution in [0.25, 0.3) is 0 Å². The number of hydrogen-bond donors (Lipinski definition) is 1. The number of nitrogens with one attached hydrogen (secondary N) is 1. The van der Waals surface area contributed by atoms with Crippen LogP contribution in [0, 0.1) is 12.3 Å². The van der Waals surface area contributed by atoms with Gasteiger partial charge in [0.15, 0.2) is 5.78 Å². The summed E-state index contributed by atoms with van der Waals surface area (Å²) in [5, 5.41) is 3.61. The van der Waals surface area contributed by atoms with Crippen LogP contribution in [-0.2, 0) is 14.3 Å². The minimum Gasteiger partial charge on any atom is -0.450 e. The van der Waals surface area contributed by atoms with E-state index in [0.717, 1.165) is 40.2 Å². The molecule has 1 atom stereocenters. The molecular formula is C31H38N4O4. The molecule has 0 bridgehead atoms. The van der Waals surface area contributed by atoms with Crippen molar-refractivity contribution in [1.29, 1.82) is 0 Å². The number of nitrogens with zero attached hydrogens (tertiary/aromatic N) is 3. The van der Waals surface area contributed by atoms with Gasteiger partial charge in [0.05, 0.1) is 30.6 Å². The molecule has 1 fully saturated rings. The lowest BCUT2D eigenvalue weighted by Gasteiger charge is -2.39. The predicted molar refractivity (Wildman–Crippen MR) is 152 cm³/mol.